The SMILES string of the molecule is CCOC(=O)CN(CC=C(C)C)C1=C([O])C=CCC1=NC#N. The van der Waals surface area contributed by atoms with Gasteiger partial charge in [-0.15, -0.1) is 0 Å². The fourth-order valence-electron chi connectivity index (χ4n) is 1.98. The van der Waals surface area contributed by atoms with Crippen LogP contribution in [0, 0.1) is 11.5 Å². The van der Waals surface area contributed by atoms with Crippen LogP contribution in [0.4, 0.5) is 0 Å². The van der Waals surface area contributed by atoms with Crippen molar-refractivity contribution in [1.82, 2.24) is 4.90 Å². The average molecular weight is 302 g/mol. The van der Waals surface area contributed by atoms with Crippen LogP contribution in [-0.4, -0.2) is 36.3 Å². The van der Waals surface area contributed by atoms with Crippen LogP contribution in [0.5, 0.6) is 0 Å². The Bertz CT molecular complexity index is 576. The summed E-state index contributed by atoms with van der Waals surface area (Å²) in [6.07, 6.45) is 7.10. The first kappa shape index (κ1) is 17.5. The van der Waals surface area contributed by atoms with E-state index in [1.807, 2.05) is 19.9 Å². The minimum Gasteiger partial charge on any atom is -0.465 e. The van der Waals surface area contributed by atoms with Crippen molar-refractivity contribution >= 4 is 11.7 Å². The number of carbonyl (C=O) groups excluding carboxylic acids is 1. The summed E-state index contributed by atoms with van der Waals surface area (Å²) < 4.78 is 4.95. The molecule has 0 saturated carbocycles. The Morgan fingerprint density at radius 3 is 2.86 bits per heavy atom. The van der Waals surface area contributed by atoms with Gasteiger partial charge in [-0.3, -0.25) is 9.90 Å². The van der Waals surface area contributed by atoms with Gasteiger partial charge in [0.05, 0.1) is 12.3 Å². The zero-order valence-corrected chi connectivity index (χ0v) is 13.1. The topological polar surface area (TPSA) is 85.6 Å². The third kappa shape index (κ3) is 5.09. The first-order chi connectivity index (χ1) is 10.5. The number of allylic oxidation sites excluding steroid dienone is 4. The van der Waals surface area contributed by atoms with Crippen LogP contribution < -0.4 is 0 Å². The average Bonchev–Trinajstić information content (AvgIpc) is 2.44. The third-order valence-corrected chi connectivity index (χ3v) is 2.93. The van der Waals surface area contributed by atoms with Gasteiger partial charge in [-0.05, 0) is 26.8 Å². The molecule has 6 nitrogen and oxygen atoms in total. The zero-order valence-electron chi connectivity index (χ0n) is 13.1. The molecule has 117 valence electrons. The minimum atomic E-state index is -0.421. The second-order valence-electron chi connectivity index (χ2n) is 4.94. The van der Waals surface area contributed by atoms with Crippen LogP contribution in [-0.2, 0) is 14.6 Å². The van der Waals surface area contributed by atoms with E-state index < -0.39 is 5.97 Å². The molecule has 1 aliphatic rings. The summed E-state index contributed by atoms with van der Waals surface area (Å²) in [4.78, 5) is 17.1. The summed E-state index contributed by atoms with van der Waals surface area (Å²) in [7, 11) is 0. The van der Waals surface area contributed by atoms with Crippen LogP contribution in [0.2, 0.25) is 0 Å². The molecule has 0 heterocycles. The normalized spacial score (nSPS) is 15.5. The number of hydrogen-bond donors (Lipinski definition) is 0. The van der Waals surface area contributed by atoms with E-state index >= 15 is 0 Å². The Morgan fingerprint density at radius 2 is 2.27 bits per heavy atom. The Kier molecular flexibility index (Phi) is 6.90. The molecule has 0 aromatic rings. The van der Waals surface area contributed by atoms with E-state index in [1.54, 1.807) is 24.1 Å². The van der Waals surface area contributed by atoms with Crippen LogP contribution in [0.15, 0.2) is 40.2 Å². The quantitative estimate of drug-likeness (QED) is 0.428. The molecular formula is C16H20N3O3. The van der Waals surface area contributed by atoms with E-state index in [9.17, 15) is 9.90 Å². The second kappa shape index (κ2) is 8.67. The Labute approximate surface area is 130 Å². The summed E-state index contributed by atoms with van der Waals surface area (Å²) in [5, 5.41) is 21.0. The van der Waals surface area contributed by atoms with Gasteiger partial charge in [0.1, 0.15) is 12.2 Å². The van der Waals surface area contributed by atoms with Crippen molar-refractivity contribution in [3.8, 4) is 6.19 Å². The van der Waals surface area contributed by atoms with Crippen LogP contribution in [0.1, 0.15) is 27.2 Å². The fraction of sp³-hybridized carbons (Fsp3) is 0.438. The van der Waals surface area contributed by atoms with Crippen molar-refractivity contribution in [3.63, 3.8) is 0 Å². The lowest BCUT2D eigenvalue weighted by atomic mass is 10.1. The second-order valence-corrected chi connectivity index (χ2v) is 4.94. The molecule has 0 aliphatic heterocycles. The number of nitrogens with zero attached hydrogens (tertiary/aromatic N) is 3. The van der Waals surface area contributed by atoms with Gasteiger partial charge in [-0.1, -0.05) is 17.7 Å². The number of aliphatic imine (C=N–C) groups is 1. The monoisotopic (exact) mass is 302 g/mol. The molecule has 0 fully saturated rings. The predicted octanol–water partition coefficient (Wildman–Crippen LogP) is 2.34. The lowest BCUT2D eigenvalue weighted by Gasteiger charge is -2.27. The van der Waals surface area contributed by atoms with Crippen molar-refractivity contribution in [2.75, 3.05) is 19.7 Å². The molecule has 1 radical (unpaired) electrons. The largest absolute Gasteiger partial charge is 0.465 e. The van der Waals surface area contributed by atoms with E-state index in [4.69, 9.17) is 10.00 Å². The highest BCUT2D eigenvalue weighted by molar-refractivity contribution is 6.03. The molecule has 0 unspecified atom stereocenters. The molecule has 0 spiro atoms. The molecule has 0 N–H and O–H groups in total. The van der Waals surface area contributed by atoms with E-state index in [0.29, 0.717) is 18.7 Å². The molecule has 0 aromatic heterocycles. The van der Waals surface area contributed by atoms with E-state index in [2.05, 4.69) is 4.99 Å². The van der Waals surface area contributed by atoms with Crippen molar-refractivity contribution in [3.05, 3.63) is 35.3 Å². The van der Waals surface area contributed by atoms with Crippen molar-refractivity contribution in [2.24, 2.45) is 4.99 Å². The summed E-state index contributed by atoms with van der Waals surface area (Å²) in [5.41, 5.74) is 1.73. The summed E-state index contributed by atoms with van der Waals surface area (Å²) in [6, 6.07) is 0. The summed E-state index contributed by atoms with van der Waals surface area (Å²) >= 11 is 0. The van der Waals surface area contributed by atoms with Crippen molar-refractivity contribution < 1.29 is 14.6 Å². The molecule has 0 bridgehead atoms. The van der Waals surface area contributed by atoms with Crippen LogP contribution in [0.25, 0.3) is 0 Å². The maximum Gasteiger partial charge on any atom is 0.325 e. The zero-order chi connectivity index (χ0) is 16.5. The smallest absolute Gasteiger partial charge is 0.325 e. The highest BCUT2D eigenvalue weighted by Gasteiger charge is 2.24. The highest BCUT2D eigenvalue weighted by atomic mass is 16.5. The van der Waals surface area contributed by atoms with E-state index in [-0.39, 0.29) is 24.6 Å². The lowest BCUT2D eigenvalue weighted by Crippen LogP contribution is -2.35. The van der Waals surface area contributed by atoms with Crippen molar-refractivity contribution in [2.45, 2.75) is 27.2 Å². The Balaban J connectivity index is 3.14. The third-order valence-electron chi connectivity index (χ3n) is 2.93. The Hall–Kier alpha value is -2.55. The maximum atomic E-state index is 12.2. The molecule has 0 atom stereocenters. The van der Waals surface area contributed by atoms with Gasteiger partial charge < -0.3 is 9.64 Å². The molecule has 1 rings (SSSR count). The number of rotatable bonds is 6. The number of nitriles is 1. The Morgan fingerprint density at radius 1 is 1.55 bits per heavy atom. The number of hydrogen-bond acceptors (Lipinski definition) is 5. The lowest BCUT2D eigenvalue weighted by molar-refractivity contribution is -0.143. The maximum absolute atomic E-state index is 12.2. The van der Waals surface area contributed by atoms with Crippen LogP contribution in [0.3, 0.4) is 0 Å². The van der Waals surface area contributed by atoms with E-state index in [0.717, 1.165) is 5.57 Å². The van der Waals surface area contributed by atoms with E-state index in [1.165, 1.54) is 6.08 Å². The van der Waals surface area contributed by atoms with Crippen molar-refractivity contribution in [1.29, 1.82) is 5.26 Å². The fourth-order valence-corrected chi connectivity index (χ4v) is 1.98. The first-order valence-corrected chi connectivity index (χ1v) is 7.07. The van der Waals surface area contributed by atoms with Gasteiger partial charge in [-0.2, -0.15) is 10.3 Å². The highest BCUT2D eigenvalue weighted by Crippen LogP contribution is 2.20. The number of esters is 1. The minimum absolute atomic E-state index is 0.0585. The molecule has 22 heavy (non-hydrogen) atoms. The van der Waals surface area contributed by atoms with Crippen LogP contribution >= 0.6 is 0 Å². The van der Waals surface area contributed by atoms with Gasteiger partial charge >= 0.3 is 5.97 Å². The van der Waals surface area contributed by atoms with Gasteiger partial charge in [0.25, 0.3) is 0 Å². The molecule has 6 heteroatoms. The molecule has 0 amide bonds. The van der Waals surface area contributed by atoms with Gasteiger partial charge in [0, 0.05) is 13.0 Å². The predicted molar refractivity (Wildman–Crippen MR) is 82.2 cm³/mol. The molecule has 0 aromatic carbocycles. The van der Waals surface area contributed by atoms with Gasteiger partial charge in [-0.25, -0.2) is 0 Å². The summed E-state index contributed by atoms with van der Waals surface area (Å²) in [6.45, 7) is 6.18. The van der Waals surface area contributed by atoms with Gasteiger partial charge in [0.2, 0.25) is 12.0 Å². The molecule has 0 saturated heterocycles. The molecular weight excluding hydrogens is 282 g/mol. The first-order valence-electron chi connectivity index (χ1n) is 7.07. The number of ether oxygens (including phenoxy) is 1. The summed E-state index contributed by atoms with van der Waals surface area (Å²) in [5.74, 6) is -0.678. The molecule has 1 aliphatic carbocycles. The standard InChI is InChI=1S/C16H20N3O3/c1-4-22-15(21)10-19(9-8-12(2)3)16-13(18-11-17)6-5-7-14(16)20/h5,7-8H,4,6,9-10H2,1-3H3. The number of carbonyl (C=O) groups is 1. The van der Waals surface area contributed by atoms with Gasteiger partial charge in [0.15, 0.2) is 0 Å².